The van der Waals surface area contributed by atoms with Crippen LogP contribution >= 0.6 is 0 Å². The molecule has 0 radical (unpaired) electrons. The van der Waals surface area contributed by atoms with Crippen LogP contribution in [0, 0.1) is 6.92 Å². The van der Waals surface area contributed by atoms with Crippen molar-refractivity contribution in [1.82, 2.24) is 4.90 Å². The SMILES string of the molecule is Cc1cccc([C@H](C)C2CC(C(N)=O)(N3CC[C@@H](Oc4cccc(C(F)(F)F)c4)C3)CCO2)c1. The normalized spacial score (nSPS) is 26.9. The van der Waals surface area contributed by atoms with Crippen LogP contribution in [0.1, 0.15) is 48.8 Å². The number of alkyl halides is 3. The molecule has 0 bridgehead atoms. The smallest absolute Gasteiger partial charge is 0.416 e. The van der Waals surface area contributed by atoms with Crippen LogP contribution < -0.4 is 10.5 Å². The van der Waals surface area contributed by atoms with Crippen LogP contribution in [0.4, 0.5) is 13.2 Å². The van der Waals surface area contributed by atoms with Crippen molar-refractivity contribution in [2.45, 2.75) is 63.0 Å². The average molecular weight is 477 g/mol. The summed E-state index contributed by atoms with van der Waals surface area (Å²) in [6, 6.07) is 13.1. The summed E-state index contributed by atoms with van der Waals surface area (Å²) in [7, 11) is 0. The molecule has 184 valence electrons. The predicted molar refractivity (Wildman–Crippen MR) is 123 cm³/mol. The molecular formula is C26H31F3N2O3. The summed E-state index contributed by atoms with van der Waals surface area (Å²) in [5.74, 6) is -0.136. The van der Waals surface area contributed by atoms with E-state index in [2.05, 4.69) is 19.1 Å². The molecule has 8 heteroatoms. The van der Waals surface area contributed by atoms with Crippen molar-refractivity contribution in [2.75, 3.05) is 19.7 Å². The molecule has 2 N–H and O–H groups in total. The number of carbonyl (C=O) groups is 1. The highest BCUT2D eigenvalue weighted by molar-refractivity contribution is 5.85. The van der Waals surface area contributed by atoms with E-state index < -0.39 is 23.2 Å². The Morgan fingerprint density at radius 3 is 2.71 bits per heavy atom. The Morgan fingerprint density at radius 2 is 2.00 bits per heavy atom. The fourth-order valence-corrected chi connectivity index (χ4v) is 5.18. The van der Waals surface area contributed by atoms with Crippen LogP contribution in [0.5, 0.6) is 5.75 Å². The number of hydrogen-bond acceptors (Lipinski definition) is 4. The lowest BCUT2D eigenvalue weighted by molar-refractivity contribution is -0.142. The number of ether oxygens (including phenoxy) is 2. The van der Waals surface area contributed by atoms with Crippen molar-refractivity contribution >= 4 is 5.91 Å². The Kier molecular flexibility index (Phi) is 6.92. The van der Waals surface area contributed by atoms with Crippen LogP contribution in [0.3, 0.4) is 0 Å². The molecule has 2 fully saturated rings. The number of benzene rings is 2. The zero-order chi connectivity index (χ0) is 24.5. The lowest BCUT2D eigenvalue weighted by Gasteiger charge is -2.46. The zero-order valence-electron chi connectivity index (χ0n) is 19.5. The van der Waals surface area contributed by atoms with Gasteiger partial charge in [0.2, 0.25) is 5.91 Å². The van der Waals surface area contributed by atoms with Crippen LogP contribution in [-0.4, -0.2) is 48.3 Å². The summed E-state index contributed by atoms with van der Waals surface area (Å²) >= 11 is 0. The van der Waals surface area contributed by atoms with Crippen molar-refractivity contribution in [3.05, 3.63) is 65.2 Å². The first kappa shape index (κ1) is 24.5. The minimum atomic E-state index is -4.43. The first-order chi connectivity index (χ1) is 16.1. The fraction of sp³-hybridized carbons (Fsp3) is 0.500. The third-order valence-corrected chi connectivity index (χ3v) is 7.19. The van der Waals surface area contributed by atoms with E-state index in [1.165, 1.54) is 12.1 Å². The molecule has 2 saturated heterocycles. The number of halogens is 3. The second-order valence-corrected chi connectivity index (χ2v) is 9.46. The van der Waals surface area contributed by atoms with E-state index in [4.69, 9.17) is 15.2 Å². The van der Waals surface area contributed by atoms with Gasteiger partial charge in [-0.05, 0) is 43.5 Å². The number of rotatable bonds is 6. The first-order valence-corrected chi connectivity index (χ1v) is 11.7. The van der Waals surface area contributed by atoms with Crippen LogP contribution in [0.2, 0.25) is 0 Å². The van der Waals surface area contributed by atoms with Gasteiger partial charge in [-0.15, -0.1) is 0 Å². The van der Waals surface area contributed by atoms with Gasteiger partial charge in [0.05, 0.1) is 11.7 Å². The summed E-state index contributed by atoms with van der Waals surface area (Å²) in [6.07, 6.45) is -3.38. The molecule has 0 spiro atoms. The highest BCUT2D eigenvalue weighted by Crippen LogP contribution is 2.39. The molecule has 2 aliphatic rings. The maximum absolute atomic E-state index is 13.0. The molecule has 2 unspecified atom stereocenters. The number of nitrogens with two attached hydrogens (primary N) is 1. The van der Waals surface area contributed by atoms with Crippen LogP contribution in [-0.2, 0) is 15.7 Å². The number of primary amides is 1. The van der Waals surface area contributed by atoms with Gasteiger partial charge in [0.25, 0.3) is 0 Å². The second kappa shape index (κ2) is 9.58. The maximum Gasteiger partial charge on any atom is 0.416 e. The van der Waals surface area contributed by atoms with Gasteiger partial charge < -0.3 is 15.2 Å². The quantitative estimate of drug-likeness (QED) is 0.658. The molecule has 0 saturated carbocycles. The predicted octanol–water partition coefficient (Wildman–Crippen LogP) is 4.67. The monoisotopic (exact) mass is 476 g/mol. The number of hydrogen-bond donors (Lipinski definition) is 1. The molecule has 2 aromatic carbocycles. The van der Waals surface area contributed by atoms with Crippen molar-refractivity contribution in [2.24, 2.45) is 5.73 Å². The highest BCUT2D eigenvalue weighted by Gasteiger charge is 2.50. The fourth-order valence-electron chi connectivity index (χ4n) is 5.18. The van der Waals surface area contributed by atoms with E-state index >= 15 is 0 Å². The Balaban J connectivity index is 1.48. The molecule has 5 nitrogen and oxygen atoms in total. The zero-order valence-corrected chi connectivity index (χ0v) is 19.5. The Bertz CT molecular complexity index is 1030. The summed E-state index contributed by atoms with van der Waals surface area (Å²) in [5, 5.41) is 0. The van der Waals surface area contributed by atoms with Crippen molar-refractivity contribution < 1.29 is 27.4 Å². The van der Waals surface area contributed by atoms with Gasteiger partial charge in [-0.3, -0.25) is 9.69 Å². The third-order valence-electron chi connectivity index (χ3n) is 7.19. The number of amides is 1. The molecule has 2 heterocycles. The molecule has 2 aromatic rings. The van der Waals surface area contributed by atoms with Crippen molar-refractivity contribution in [1.29, 1.82) is 0 Å². The standard InChI is InChI=1S/C26H31F3N2O3/c1-17-5-3-6-19(13-17)18(2)23-15-25(24(30)32,10-12-33-23)31-11-9-22(16-31)34-21-8-4-7-20(14-21)26(27,28)29/h3-8,13-14,18,22-23H,9-12,15-16H2,1-2H3,(H2,30,32)/t18-,22+,23?,25?/m0/s1. The molecule has 2 aliphatic heterocycles. The van der Waals surface area contributed by atoms with Gasteiger partial charge in [-0.1, -0.05) is 42.8 Å². The highest BCUT2D eigenvalue weighted by atomic mass is 19.4. The van der Waals surface area contributed by atoms with Gasteiger partial charge in [0.15, 0.2) is 0 Å². The lowest BCUT2D eigenvalue weighted by Crippen LogP contribution is -2.61. The van der Waals surface area contributed by atoms with E-state index in [1.54, 1.807) is 0 Å². The number of aryl methyl sites for hydroxylation is 1. The molecule has 1 amide bonds. The number of nitrogens with zero attached hydrogens (tertiary/aromatic N) is 1. The van der Waals surface area contributed by atoms with E-state index in [0.717, 1.165) is 23.3 Å². The number of likely N-dealkylation sites (tertiary alicyclic amines) is 1. The van der Waals surface area contributed by atoms with E-state index in [-0.39, 0.29) is 23.9 Å². The van der Waals surface area contributed by atoms with Gasteiger partial charge >= 0.3 is 6.18 Å². The molecule has 4 atom stereocenters. The Labute approximate surface area is 198 Å². The molecule has 4 rings (SSSR count). The lowest BCUT2D eigenvalue weighted by atomic mass is 9.79. The molecule has 0 aliphatic carbocycles. The molecule has 0 aromatic heterocycles. The van der Waals surface area contributed by atoms with E-state index in [1.807, 2.05) is 24.0 Å². The summed E-state index contributed by atoms with van der Waals surface area (Å²) in [6.45, 7) is 5.56. The first-order valence-electron chi connectivity index (χ1n) is 11.7. The minimum absolute atomic E-state index is 0.0821. The van der Waals surface area contributed by atoms with E-state index in [9.17, 15) is 18.0 Å². The minimum Gasteiger partial charge on any atom is -0.489 e. The van der Waals surface area contributed by atoms with Gasteiger partial charge in [0, 0.05) is 32.0 Å². The summed E-state index contributed by atoms with van der Waals surface area (Å²) in [5.41, 5.74) is 6.67. The third kappa shape index (κ3) is 5.08. The summed E-state index contributed by atoms with van der Waals surface area (Å²) < 4.78 is 51.1. The van der Waals surface area contributed by atoms with Crippen molar-refractivity contribution in [3.63, 3.8) is 0 Å². The largest absolute Gasteiger partial charge is 0.489 e. The molecular weight excluding hydrogens is 445 g/mol. The molecule has 34 heavy (non-hydrogen) atoms. The summed E-state index contributed by atoms with van der Waals surface area (Å²) in [4.78, 5) is 14.8. The Morgan fingerprint density at radius 1 is 1.24 bits per heavy atom. The average Bonchev–Trinajstić information content (AvgIpc) is 3.27. The van der Waals surface area contributed by atoms with Crippen LogP contribution in [0.15, 0.2) is 48.5 Å². The second-order valence-electron chi connectivity index (χ2n) is 9.46. The maximum atomic E-state index is 13.0. The van der Waals surface area contributed by atoms with Crippen molar-refractivity contribution in [3.8, 4) is 5.75 Å². The topological polar surface area (TPSA) is 64.8 Å². The van der Waals surface area contributed by atoms with Gasteiger partial charge in [-0.25, -0.2) is 0 Å². The van der Waals surface area contributed by atoms with Gasteiger partial charge in [0.1, 0.15) is 17.4 Å². The van der Waals surface area contributed by atoms with E-state index in [0.29, 0.717) is 39.0 Å². The number of carbonyl (C=O) groups excluding carboxylic acids is 1. The Hall–Kier alpha value is -2.58. The van der Waals surface area contributed by atoms with Crippen LogP contribution in [0.25, 0.3) is 0 Å². The van der Waals surface area contributed by atoms with Gasteiger partial charge in [-0.2, -0.15) is 13.2 Å².